The molecule has 2 amide bonds. The fraction of sp³-hybridized carbons (Fsp3) is 0.417. The monoisotopic (exact) mass is 499 g/mol. The number of aryl methyl sites for hydroxylation is 1. The Balaban J connectivity index is 1.91. The highest BCUT2D eigenvalue weighted by Crippen LogP contribution is 2.30. The molecule has 0 aliphatic carbocycles. The van der Waals surface area contributed by atoms with E-state index in [-0.39, 0.29) is 23.1 Å². The zero-order valence-electron chi connectivity index (χ0n) is 21.6. The molecule has 2 heterocycles. The Morgan fingerprint density at radius 3 is 2.31 bits per heavy atom. The number of aromatic nitrogens is 3. The molecule has 194 valence electrons. The smallest absolute Gasteiger partial charge is 0.407 e. The molecule has 0 unspecified atom stereocenters. The average Bonchev–Trinajstić information content (AvgIpc) is 3.13. The Bertz CT molecular complexity index is 1240. The second-order valence-corrected chi connectivity index (χ2v) is 9.26. The number of primary amides is 1. The summed E-state index contributed by atoms with van der Waals surface area (Å²) in [6.07, 6.45) is -0.511. The molecule has 3 rings (SSSR count). The van der Waals surface area contributed by atoms with Crippen molar-refractivity contribution in [2.45, 2.75) is 46.3 Å². The van der Waals surface area contributed by atoms with Gasteiger partial charge >= 0.3 is 6.09 Å². The van der Waals surface area contributed by atoms with Gasteiger partial charge in [0.1, 0.15) is 28.5 Å². The Morgan fingerprint density at radius 2 is 1.75 bits per heavy atom. The minimum atomic E-state index is -0.689. The van der Waals surface area contributed by atoms with Crippen LogP contribution in [0.3, 0.4) is 0 Å². The standard InChI is InChI=1S/C24H33N7O5/c1-13-8-18(26-12-14(2)28-23(33)36-24(3,4)5)31-22(27-13)19(20(25)32)21(30-31)29-15-9-16(34-6)11-17(10-15)35-7/h8-11,14,26H,12H2,1-7H3,(H2,25,32)(H,28,33)(H,29,30)/t14-/m1/s1. The molecule has 1 aromatic carbocycles. The van der Waals surface area contributed by atoms with Gasteiger partial charge in [0.25, 0.3) is 5.91 Å². The number of rotatable bonds is 9. The van der Waals surface area contributed by atoms with Crippen LogP contribution in [-0.2, 0) is 4.74 Å². The Morgan fingerprint density at radius 1 is 1.11 bits per heavy atom. The van der Waals surface area contributed by atoms with Gasteiger partial charge in [-0.25, -0.2) is 9.78 Å². The first-order chi connectivity index (χ1) is 16.9. The molecule has 3 aromatic rings. The van der Waals surface area contributed by atoms with Crippen LogP contribution >= 0.6 is 0 Å². The van der Waals surface area contributed by atoms with E-state index in [1.165, 1.54) is 4.52 Å². The van der Waals surface area contributed by atoms with Gasteiger partial charge in [0, 0.05) is 48.2 Å². The van der Waals surface area contributed by atoms with E-state index in [1.807, 2.05) is 6.92 Å². The fourth-order valence-electron chi connectivity index (χ4n) is 3.41. The summed E-state index contributed by atoms with van der Waals surface area (Å²) >= 11 is 0. The topological polar surface area (TPSA) is 154 Å². The van der Waals surface area contributed by atoms with Crippen LogP contribution in [0.15, 0.2) is 24.3 Å². The van der Waals surface area contributed by atoms with Crippen molar-refractivity contribution in [3.8, 4) is 11.5 Å². The van der Waals surface area contributed by atoms with Crippen molar-refractivity contribution in [1.29, 1.82) is 0 Å². The lowest BCUT2D eigenvalue weighted by Crippen LogP contribution is -2.41. The highest BCUT2D eigenvalue weighted by molar-refractivity contribution is 6.04. The van der Waals surface area contributed by atoms with Crippen molar-refractivity contribution in [3.05, 3.63) is 35.5 Å². The summed E-state index contributed by atoms with van der Waals surface area (Å²) in [5, 5.41) is 13.7. The summed E-state index contributed by atoms with van der Waals surface area (Å²) in [6.45, 7) is 9.39. The second-order valence-electron chi connectivity index (χ2n) is 9.26. The van der Waals surface area contributed by atoms with Gasteiger partial charge in [-0.3, -0.25) is 4.79 Å². The van der Waals surface area contributed by atoms with Gasteiger partial charge in [0.05, 0.1) is 14.2 Å². The Labute approximate surface area is 209 Å². The maximum absolute atomic E-state index is 12.4. The van der Waals surface area contributed by atoms with Gasteiger partial charge in [-0.1, -0.05) is 0 Å². The number of amides is 2. The van der Waals surface area contributed by atoms with E-state index >= 15 is 0 Å². The number of nitrogens with one attached hydrogen (secondary N) is 3. The molecule has 0 fully saturated rings. The first-order valence-electron chi connectivity index (χ1n) is 11.3. The van der Waals surface area contributed by atoms with Gasteiger partial charge in [-0.15, -0.1) is 5.10 Å². The van der Waals surface area contributed by atoms with Crippen LogP contribution < -0.4 is 31.2 Å². The minimum absolute atomic E-state index is 0.128. The van der Waals surface area contributed by atoms with Gasteiger partial charge in [0.2, 0.25) is 0 Å². The quantitative estimate of drug-likeness (QED) is 0.347. The number of carbonyl (C=O) groups excluding carboxylic acids is 2. The third-order valence-corrected chi connectivity index (χ3v) is 4.93. The number of carbonyl (C=O) groups is 2. The van der Waals surface area contributed by atoms with Crippen molar-refractivity contribution < 1.29 is 23.8 Å². The Hall–Kier alpha value is -4.22. The van der Waals surface area contributed by atoms with Crippen LogP contribution in [0.1, 0.15) is 43.7 Å². The van der Waals surface area contributed by atoms with E-state index in [4.69, 9.17) is 19.9 Å². The summed E-state index contributed by atoms with van der Waals surface area (Å²) in [5.41, 5.74) is 6.77. The van der Waals surface area contributed by atoms with Crippen molar-refractivity contribution in [3.63, 3.8) is 0 Å². The number of benzene rings is 1. The molecule has 5 N–H and O–H groups in total. The molecule has 0 aliphatic rings. The van der Waals surface area contributed by atoms with Crippen LogP contribution in [0.25, 0.3) is 5.65 Å². The average molecular weight is 500 g/mol. The number of nitrogens with zero attached hydrogens (tertiary/aromatic N) is 3. The summed E-state index contributed by atoms with van der Waals surface area (Å²) in [6, 6.07) is 6.71. The van der Waals surface area contributed by atoms with Crippen LogP contribution in [-0.4, -0.2) is 59.0 Å². The van der Waals surface area contributed by atoms with Crippen LogP contribution in [0.2, 0.25) is 0 Å². The molecule has 2 aromatic heterocycles. The zero-order valence-corrected chi connectivity index (χ0v) is 21.6. The SMILES string of the molecule is COc1cc(Nc2nn3c(NC[C@@H](C)NC(=O)OC(C)(C)C)cc(C)nc3c2C(N)=O)cc(OC)c1. The number of ether oxygens (including phenoxy) is 3. The number of nitrogens with two attached hydrogens (primary N) is 1. The van der Waals surface area contributed by atoms with Gasteiger partial charge < -0.3 is 35.9 Å². The van der Waals surface area contributed by atoms with E-state index in [2.05, 4.69) is 26.0 Å². The van der Waals surface area contributed by atoms with E-state index in [0.717, 1.165) is 0 Å². The van der Waals surface area contributed by atoms with Crippen LogP contribution in [0.5, 0.6) is 11.5 Å². The van der Waals surface area contributed by atoms with E-state index in [1.54, 1.807) is 66.2 Å². The first kappa shape index (κ1) is 26.4. The molecule has 0 saturated heterocycles. The molecule has 1 atom stereocenters. The molecule has 36 heavy (non-hydrogen) atoms. The zero-order chi connectivity index (χ0) is 26.6. The van der Waals surface area contributed by atoms with E-state index in [9.17, 15) is 9.59 Å². The van der Waals surface area contributed by atoms with Crippen LogP contribution in [0.4, 0.5) is 22.1 Å². The largest absolute Gasteiger partial charge is 0.497 e. The fourth-order valence-corrected chi connectivity index (χ4v) is 3.41. The molecular formula is C24H33N7O5. The number of fused-ring (bicyclic) bond motifs is 1. The van der Waals surface area contributed by atoms with E-state index < -0.39 is 17.6 Å². The molecular weight excluding hydrogens is 466 g/mol. The van der Waals surface area contributed by atoms with Crippen molar-refractivity contribution in [2.24, 2.45) is 5.73 Å². The molecule has 0 bridgehead atoms. The highest BCUT2D eigenvalue weighted by atomic mass is 16.6. The lowest BCUT2D eigenvalue weighted by molar-refractivity contribution is 0.0511. The predicted octanol–water partition coefficient (Wildman–Crippen LogP) is 3.22. The normalized spacial score (nSPS) is 12.1. The number of hydrogen-bond acceptors (Lipinski definition) is 9. The van der Waals surface area contributed by atoms with E-state index in [0.29, 0.717) is 35.2 Å². The van der Waals surface area contributed by atoms with Crippen molar-refractivity contribution in [1.82, 2.24) is 19.9 Å². The maximum Gasteiger partial charge on any atom is 0.407 e. The minimum Gasteiger partial charge on any atom is -0.497 e. The highest BCUT2D eigenvalue weighted by Gasteiger charge is 2.22. The third kappa shape index (κ3) is 6.46. The molecule has 0 aliphatic heterocycles. The molecule has 12 nitrogen and oxygen atoms in total. The summed E-state index contributed by atoms with van der Waals surface area (Å²) < 4.78 is 17.4. The van der Waals surface area contributed by atoms with Gasteiger partial charge in [-0.05, 0) is 34.6 Å². The third-order valence-electron chi connectivity index (χ3n) is 4.93. The first-order valence-corrected chi connectivity index (χ1v) is 11.3. The summed E-state index contributed by atoms with van der Waals surface area (Å²) in [4.78, 5) is 29.0. The number of hydrogen-bond donors (Lipinski definition) is 4. The molecule has 0 saturated carbocycles. The van der Waals surface area contributed by atoms with Crippen molar-refractivity contribution in [2.75, 3.05) is 31.4 Å². The summed E-state index contributed by atoms with van der Waals surface area (Å²) in [7, 11) is 3.09. The van der Waals surface area contributed by atoms with Gasteiger partial charge in [0.15, 0.2) is 11.5 Å². The number of anilines is 3. The van der Waals surface area contributed by atoms with Crippen molar-refractivity contribution >= 4 is 35.0 Å². The lowest BCUT2D eigenvalue weighted by atomic mass is 10.2. The molecule has 12 heteroatoms. The second kappa shape index (κ2) is 10.6. The molecule has 0 radical (unpaired) electrons. The Kier molecular flexibility index (Phi) is 7.76. The van der Waals surface area contributed by atoms with Crippen LogP contribution in [0, 0.1) is 6.92 Å². The lowest BCUT2D eigenvalue weighted by Gasteiger charge is -2.22. The predicted molar refractivity (Wildman–Crippen MR) is 136 cm³/mol. The number of methoxy groups -OCH3 is 2. The maximum atomic E-state index is 12.4. The number of alkyl carbamates (subject to hydrolysis) is 1. The summed E-state index contributed by atoms with van der Waals surface area (Å²) in [5.74, 6) is 1.22. The van der Waals surface area contributed by atoms with Gasteiger partial charge in [-0.2, -0.15) is 4.52 Å². The molecule has 0 spiro atoms.